The summed E-state index contributed by atoms with van der Waals surface area (Å²) in [6, 6.07) is 0. The molecule has 0 saturated carbocycles. The SMILES string of the molecule is CC.CCC(C)/C=C\ON. The molecule has 0 aromatic rings. The molecule has 0 amide bonds. The van der Waals surface area contributed by atoms with Crippen molar-refractivity contribution < 1.29 is 4.84 Å². The molecule has 0 aliphatic carbocycles. The van der Waals surface area contributed by atoms with Gasteiger partial charge in [0.05, 0.1) is 0 Å². The maximum absolute atomic E-state index is 4.74. The van der Waals surface area contributed by atoms with E-state index in [-0.39, 0.29) is 0 Å². The number of hydrogen-bond acceptors (Lipinski definition) is 2. The van der Waals surface area contributed by atoms with Gasteiger partial charge in [0.25, 0.3) is 0 Å². The number of rotatable bonds is 3. The summed E-state index contributed by atoms with van der Waals surface area (Å²) in [5, 5.41) is 0. The first-order valence-corrected chi connectivity index (χ1v) is 3.83. The molecule has 0 fully saturated rings. The molecule has 0 radical (unpaired) electrons. The third kappa shape index (κ3) is 10.5. The van der Waals surface area contributed by atoms with E-state index >= 15 is 0 Å². The second-order valence-corrected chi connectivity index (χ2v) is 1.85. The lowest BCUT2D eigenvalue weighted by Gasteiger charge is -1.96. The molecule has 0 spiro atoms. The Bertz CT molecular complexity index is 71.7. The van der Waals surface area contributed by atoms with E-state index in [4.69, 9.17) is 5.90 Å². The quantitative estimate of drug-likeness (QED) is 0.489. The third-order valence-corrected chi connectivity index (χ3v) is 1.13. The van der Waals surface area contributed by atoms with Gasteiger partial charge in [-0.15, -0.1) is 0 Å². The minimum atomic E-state index is 0.568. The molecular weight excluding hydrogens is 126 g/mol. The van der Waals surface area contributed by atoms with Crippen molar-refractivity contribution in [3.05, 3.63) is 12.3 Å². The van der Waals surface area contributed by atoms with Crippen molar-refractivity contribution in [3.63, 3.8) is 0 Å². The van der Waals surface area contributed by atoms with Gasteiger partial charge in [-0.2, -0.15) is 5.90 Å². The van der Waals surface area contributed by atoms with Crippen LogP contribution in [0, 0.1) is 5.92 Å². The van der Waals surface area contributed by atoms with Gasteiger partial charge in [0.2, 0.25) is 0 Å². The molecule has 1 unspecified atom stereocenters. The van der Waals surface area contributed by atoms with Crippen molar-refractivity contribution in [3.8, 4) is 0 Å². The van der Waals surface area contributed by atoms with Gasteiger partial charge < -0.3 is 4.84 Å². The van der Waals surface area contributed by atoms with Gasteiger partial charge in [0, 0.05) is 0 Å². The Hall–Kier alpha value is -0.500. The average molecular weight is 145 g/mol. The van der Waals surface area contributed by atoms with Crippen molar-refractivity contribution in [1.82, 2.24) is 0 Å². The smallest absolute Gasteiger partial charge is 0.107 e. The summed E-state index contributed by atoms with van der Waals surface area (Å²) in [5.74, 6) is 5.31. The Morgan fingerprint density at radius 2 is 2.00 bits per heavy atom. The zero-order valence-electron chi connectivity index (χ0n) is 7.42. The zero-order valence-corrected chi connectivity index (χ0v) is 7.42. The molecule has 0 rings (SSSR count). The van der Waals surface area contributed by atoms with E-state index in [1.807, 2.05) is 19.9 Å². The maximum Gasteiger partial charge on any atom is 0.107 e. The van der Waals surface area contributed by atoms with Crippen LogP contribution in [-0.4, -0.2) is 0 Å². The van der Waals surface area contributed by atoms with Crippen LogP contribution < -0.4 is 5.90 Å². The average Bonchev–Trinajstić information content (AvgIpc) is 2.04. The van der Waals surface area contributed by atoms with Crippen LogP contribution in [0.3, 0.4) is 0 Å². The molecule has 2 nitrogen and oxygen atoms in total. The first-order chi connectivity index (χ1) is 4.81. The monoisotopic (exact) mass is 145 g/mol. The van der Waals surface area contributed by atoms with E-state index in [1.54, 1.807) is 0 Å². The lowest BCUT2D eigenvalue weighted by Crippen LogP contribution is -1.90. The Labute approximate surface area is 64.0 Å². The highest BCUT2D eigenvalue weighted by molar-refractivity contribution is 4.78. The lowest BCUT2D eigenvalue weighted by atomic mass is 10.1. The molecule has 1 atom stereocenters. The standard InChI is InChI=1S/C6H13NO.C2H6/c1-3-6(2)4-5-8-7;1-2/h4-6H,3,7H2,1-2H3;1-2H3/b5-4-;. The Morgan fingerprint density at radius 3 is 2.30 bits per heavy atom. The van der Waals surface area contributed by atoms with Crippen LogP contribution in [-0.2, 0) is 4.84 Å². The van der Waals surface area contributed by atoms with Gasteiger partial charge in [0.1, 0.15) is 6.26 Å². The second-order valence-electron chi connectivity index (χ2n) is 1.85. The normalized spacial score (nSPS) is 12.1. The van der Waals surface area contributed by atoms with E-state index in [9.17, 15) is 0 Å². The Balaban J connectivity index is 0. The second kappa shape index (κ2) is 11.3. The summed E-state index contributed by atoms with van der Waals surface area (Å²) in [6.07, 6.45) is 4.56. The zero-order chi connectivity index (χ0) is 8.41. The van der Waals surface area contributed by atoms with Crippen molar-refractivity contribution in [1.29, 1.82) is 0 Å². The fraction of sp³-hybridized carbons (Fsp3) is 0.750. The highest BCUT2D eigenvalue weighted by atomic mass is 16.6. The van der Waals surface area contributed by atoms with Gasteiger partial charge in [-0.3, -0.25) is 0 Å². The first kappa shape index (κ1) is 12.2. The molecule has 2 heteroatoms. The fourth-order valence-electron chi connectivity index (χ4n) is 0.316. The molecule has 0 heterocycles. The summed E-state index contributed by atoms with van der Waals surface area (Å²) >= 11 is 0. The van der Waals surface area contributed by atoms with Crippen molar-refractivity contribution in [2.45, 2.75) is 34.1 Å². The molecule has 0 aliphatic heterocycles. The summed E-state index contributed by atoms with van der Waals surface area (Å²) in [7, 11) is 0. The molecular formula is C8H19NO. The first-order valence-electron chi connectivity index (χ1n) is 3.83. The van der Waals surface area contributed by atoms with E-state index in [0.29, 0.717) is 5.92 Å². The minimum Gasteiger partial charge on any atom is -0.420 e. The molecule has 62 valence electrons. The van der Waals surface area contributed by atoms with Crippen LogP contribution in [0.1, 0.15) is 34.1 Å². The molecule has 0 aromatic carbocycles. The van der Waals surface area contributed by atoms with Crippen molar-refractivity contribution in [2.24, 2.45) is 11.8 Å². The van der Waals surface area contributed by atoms with Gasteiger partial charge in [-0.25, -0.2) is 0 Å². The molecule has 0 bridgehead atoms. The van der Waals surface area contributed by atoms with Gasteiger partial charge in [-0.1, -0.05) is 27.7 Å². The van der Waals surface area contributed by atoms with Crippen LogP contribution in [0.25, 0.3) is 0 Å². The van der Waals surface area contributed by atoms with Gasteiger partial charge in [0.15, 0.2) is 0 Å². The van der Waals surface area contributed by atoms with Crippen LogP contribution in [0.2, 0.25) is 0 Å². The molecule has 0 aromatic heterocycles. The van der Waals surface area contributed by atoms with Crippen LogP contribution in [0.15, 0.2) is 12.3 Å². The van der Waals surface area contributed by atoms with Crippen LogP contribution in [0.4, 0.5) is 0 Å². The predicted octanol–water partition coefficient (Wildman–Crippen LogP) is 2.46. The van der Waals surface area contributed by atoms with E-state index in [1.165, 1.54) is 6.26 Å². The topological polar surface area (TPSA) is 35.2 Å². The Kier molecular flexibility index (Phi) is 13.8. The lowest BCUT2D eigenvalue weighted by molar-refractivity contribution is 0.258. The highest BCUT2D eigenvalue weighted by Crippen LogP contribution is 2.00. The molecule has 0 aliphatic rings. The Morgan fingerprint density at radius 1 is 1.50 bits per heavy atom. The summed E-state index contributed by atoms with van der Waals surface area (Å²) in [5.41, 5.74) is 0. The van der Waals surface area contributed by atoms with Gasteiger partial charge >= 0.3 is 0 Å². The maximum atomic E-state index is 4.74. The summed E-state index contributed by atoms with van der Waals surface area (Å²) < 4.78 is 0. The number of allylic oxidation sites excluding steroid dienone is 1. The third-order valence-electron chi connectivity index (χ3n) is 1.13. The minimum absolute atomic E-state index is 0.568. The molecule has 2 N–H and O–H groups in total. The van der Waals surface area contributed by atoms with E-state index < -0.39 is 0 Å². The molecule has 0 saturated heterocycles. The number of nitrogens with two attached hydrogens (primary N) is 1. The molecule has 10 heavy (non-hydrogen) atoms. The van der Waals surface area contributed by atoms with Crippen LogP contribution >= 0.6 is 0 Å². The highest BCUT2D eigenvalue weighted by Gasteiger charge is 1.88. The predicted molar refractivity (Wildman–Crippen MR) is 45.2 cm³/mol. The van der Waals surface area contributed by atoms with Crippen molar-refractivity contribution >= 4 is 0 Å². The van der Waals surface area contributed by atoms with E-state index in [0.717, 1.165) is 6.42 Å². The van der Waals surface area contributed by atoms with Crippen LogP contribution in [0.5, 0.6) is 0 Å². The van der Waals surface area contributed by atoms with Crippen molar-refractivity contribution in [2.75, 3.05) is 0 Å². The van der Waals surface area contributed by atoms with Gasteiger partial charge in [-0.05, 0) is 18.4 Å². The van der Waals surface area contributed by atoms with E-state index in [2.05, 4.69) is 18.7 Å². The summed E-state index contributed by atoms with van der Waals surface area (Å²) in [6.45, 7) is 8.22. The fourth-order valence-corrected chi connectivity index (χ4v) is 0.316. The summed E-state index contributed by atoms with van der Waals surface area (Å²) in [4.78, 5) is 4.23. The largest absolute Gasteiger partial charge is 0.420 e. The number of hydrogen-bond donors (Lipinski definition) is 1.